The summed E-state index contributed by atoms with van der Waals surface area (Å²) in [4.78, 5) is 48.3. The van der Waals surface area contributed by atoms with Gasteiger partial charge in [-0.3, -0.25) is 14.4 Å². The molecule has 0 aliphatic heterocycles. The highest BCUT2D eigenvalue weighted by atomic mass is 16.6. The number of carboxylic acid groups (broad SMARTS) is 1. The summed E-state index contributed by atoms with van der Waals surface area (Å²) in [6.07, 6.45) is 5.96. The molecule has 14 nitrogen and oxygen atoms in total. The number of unbranched alkanes of at least 4 members (excludes halogenated alkanes) is 1. The number of nitrogens with one attached hydrogen (secondary N) is 3. The number of carboxylic acids is 1. The van der Waals surface area contributed by atoms with Crippen molar-refractivity contribution in [2.24, 2.45) is 0 Å². The van der Waals surface area contributed by atoms with Crippen LogP contribution < -0.4 is 16.0 Å². The van der Waals surface area contributed by atoms with E-state index in [1.807, 2.05) is 36.4 Å². The van der Waals surface area contributed by atoms with Crippen molar-refractivity contribution in [3.05, 3.63) is 59.7 Å². The molecule has 57 heavy (non-hydrogen) atoms. The second kappa shape index (κ2) is 27.2. The van der Waals surface area contributed by atoms with Gasteiger partial charge >= 0.3 is 12.1 Å². The number of amides is 3. The first-order valence-corrected chi connectivity index (χ1v) is 20.2. The predicted molar refractivity (Wildman–Crippen MR) is 213 cm³/mol. The summed E-state index contributed by atoms with van der Waals surface area (Å²) in [7, 11) is 0. The number of rotatable bonds is 28. The van der Waals surface area contributed by atoms with E-state index in [0.29, 0.717) is 78.6 Å². The zero-order valence-electron chi connectivity index (χ0n) is 32.9. The quantitative estimate of drug-likeness (QED) is 0.0700. The van der Waals surface area contributed by atoms with Crippen molar-refractivity contribution in [2.45, 2.75) is 82.3 Å². The second-order valence-corrected chi connectivity index (χ2v) is 13.9. The van der Waals surface area contributed by atoms with E-state index < -0.39 is 18.1 Å². The molecule has 3 amide bonds. The number of carbonyl (C=O) groups excluding carboxylic acids is 3. The lowest BCUT2D eigenvalue weighted by molar-refractivity contribution is -0.137. The lowest BCUT2D eigenvalue weighted by Crippen LogP contribution is -2.37. The maximum atomic E-state index is 12.7. The van der Waals surface area contributed by atoms with Crippen LogP contribution in [-0.4, -0.2) is 120 Å². The highest BCUT2D eigenvalue weighted by Gasteiger charge is 2.29. The summed E-state index contributed by atoms with van der Waals surface area (Å²) in [6.45, 7) is 3.97. The molecule has 0 fully saturated rings. The molecule has 2 aliphatic rings. The monoisotopic (exact) mass is 793 g/mol. The summed E-state index contributed by atoms with van der Waals surface area (Å²) >= 11 is 0. The van der Waals surface area contributed by atoms with E-state index in [4.69, 9.17) is 28.4 Å². The molecule has 2 aromatic rings. The molecule has 4 rings (SSSR count). The Hall–Kier alpha value is -4.52. The van der Waals surface area contributed by atoms with Crippen LogP contribution in [0.25, 0.3) is 11.1 Å². The van der Waals surface area contributed by atoms with E-state index in [0.717, 1.165) is 54.4 Å². The van der Waals surface area contributed by atoms with Crippen molar-refractivity contribution in [3.63, 3.8) is 0 Å². The van der Waals surface area contributed by atoms with Gasteiger partial charge in [0.1, 0.15) is 19.3 Å². The minimum atomic E-state index is -1.01. The number of benzene rings is 2. The van der Waals surface area contributed by atoms with Crippen LogP contribution in [0.15, 0.2) is 48.5 Å². The standard InChI is InChI=1S/C43H59N3O11/c47-40(19-22-52-24-26-54-28-29-55-27-25-53-23-21-45-41(48)32-56-34-13-4-2-1-3-5-14-34)44-20-11-10-12-33(30-42(49)50)46-43(51)57-31-39-37-17-8-6-15-35(37)36-16-7-9-18-38(36)39/h6-9,15-18,33-34,39H,1-4,10-13,19-32H2,(H,44,47)(H,45,48)(H,46,51)(H,49,50). The Kier molecular flexibility index (Phi) is 21.5. The zero-order chi connectivity index (χ0) is 40.3. The Morgan fingerprint density at radius 2 is 1.37 bits per heavy atom. The van der Waals surface area contributed by atoms with Crippen molar-refractivity contribution in [2.75, 3.05) is 79.2 Å². The number of aliphatic carboxylic acids is 1. The van der Waals surface area contributed by atoms with Crippen LogP contribution in [0, 0.1) is 11.8 Å². The van der Waals surface area contributed by atoms with Crippen LogP contribution >= 0.6 is 0 Å². The van der Waals surface area contributed by atoms with Gasteiger partial charge in [0, 0.05) is 37.9 Å². The molecule has 0 heterocycles. The third-order valence-corrected chi connectivity index (χ3v) is 9.49. The van der Waals surface area contributed by atoms with Gasteiger partial charge in [-0.05, 0) is 60.8 Å². The first kappa shape index (κ1) is 45.2. The van der Waals surface area contributed by atoms with E-state index in [2.05, 4.69) is 39.9 Å². The Morgan fingerprint density at radius 1 is 0.737 bits per heavy atom. The van der Waals surface area contributed by atoms with E-state index in [1.165, 1.54) is 0 Å². The first-order chi connectivity index (χ1) is 27.9. The minimum Gasteiger partial charge on any atom is -0.481 e. The molecule has 2 atom stereocenters. The van der Waals surface area contributed by atoms with E-state index in [9.17, 15) is 24.3 Å². The van der Waals surface area contributed by atoms with Gasteiger partial charge in [-0.15, -0.1) is 5.92 Å². The average molecular weight is 794 g/mol. The number of hydrogen-bond acceptors (Lipinski definition) is 10. The Labute approximate surface area is 336 Å². The smallest absolute Gasteiger partial charge is 0.407 e. The van der Waals surface area contributed by atoms with Gasteiger partial charge in [0.2, 0.25) is 11.8 Å². The number of ether oxygens (including phenoxy) is 6. The van der Waals surface area contributed by atoms with Crippen LogP contribution in [0.5, 0.6) is 0 Å². The molecule has 0 bridgehead atoms. The molecule has 0 saturated carbocycles. The molecule has 0 saturated heterocycles. The fraction of sp³-hybridized carbons (Fsp3) is 0.581. The topological polar surface area (TPSA) is 180 Å². The van der Waals surface area contributed by atoms with Gasteiger partial charge in [0.05, 0.1) is 59.3 Å². The molecular formula is C43H59N3O11. The summed E-state index contributed by atoms with van der Waals surface area (Å²) in [6, 6.07) is 15.5. The minimum absolute atomic E-state index is 0.000345. The third-order valence-electron chi connectivity index (χ3n) is 9.49. The maximum absolute atomic E-state index is 12.7. The highest BCUT2D eigenvalue weighted by Crippen LogP contribution is 2.44. The number of carbonyl (C=O) groups is 4. The lowest BCUT2D eigenvalue weighted by Gasteiger charge is -2.19. The van der Waals surface area contributed by atoms with Gasteiger partial charge in [0.25, 0.3) is 0 Å². The molecule has 312 valence electrons. The molecule has 4 N–H and O–H groups in total. The van der Waals surface area contributed by atoms with Gasteiger partial charge in [-0.25, -0.2) is 4.79 Å². The Balaban J connectivity index is 0.917. The van der Waals surface area contributed by atoms with E-state index >= 15 is 0 Å². The maximum Gasteiger partial charge on any atom is 0.407 e. The fourth-order valence-electron chi connectivity index (χ4n) is 6.59. The second-order valence-electron chi connectivity index (χ2n) is 13.9. The van der Waals surface area contributed by atoms with Gasteiger partial charge in [0.15, 0.2) is 0 Å². The SMILES string of the molecule is O=C(O)CC(CCCCNC(=O)CCOCCOCCOCCOCCNC(=O)COC1C#CCCCCC1)NC(=O)OCC1c2ccccc2-c2ccccc21. The largest absolute Gasteiger partial charge is 0.481 e. The first-order valence-electron chi connectivity index (χ1n) is 20.2. The molecule has 14 heteroatoms. The Morgan fingerprint density at radius 3 is 2.05 bits per heavy atom. The lowest BCUT2D eigenvalue weighted by atomic mass is 9.98. The van der Waals surface area contributed by atoms with Crippen LogP contribution in [0.4, 0.5) is 4.79 Å². The van der Waals surface area contributed by atoms with Crippen LogP contribution in [0.2, 0.25) is 0 Å². The van der Waals surface area contributed by atoms with E-state index in [-0.39, 0.29) is 56.5 Å². The van der Waals surface area contributed by atoms with Crippen molar-refractivity contribution in [1.29, 1.82) is 0 Å². The summed E-state index contributed by atoms with van der Waals surface area (Å²) < 4.78 is 33.1. The number of fused-ring (bicyclic) bond motifs is 3. The Bertz CT molecular complexity index is 1550. The van der Waals surface area contributed by atoms with Crippen LogP contribution in [0.1, 0.15) is 81.3 Å². The summed E-state index contributed by atoms with van der Waals surface area (Å²) in [5, 5.41) is 17.7. The molecule has 0 spiro atoms. The molecular weight excluding hydrogens is 734 g/mol. The zero-order valence-corrected chi connectivity index (χ0v) is 32.9. The summed E-state index contributed by atoms with van der Waals surface area (Å²) in [5.41, 5.74) is 4.46. The van der Waals surface area contributed by atoms with Crippen LogP contribution in [0.3, 0.4) is 0 Å². The molecule has 2 aliphatic carbocycles. The molecule has 2 aromatic carbocycles. The molecule has 2 unspecified atom stereocenters. The molecule has 0 radical (unpaired) electrons. The van der Waals surface area contributed by atoms with Gasteiger partial charge < -0.3 is 49.5 Å². The normalized spacial score (nSPS) is 15.2. The highest BCUT2D eigenvalue weighted by molar-refractivity contribution is 5.79. The van der Waals surface area contributed by atoms with Gasteiger partial charge in [-0.1, -0.05) is 60.9 Å². The molecule has 0 aromatic heterocycles. The predicted octanol–water partition coefficient (Wildman–Crippen LogP) is 4.58. The third kappa shape index (κ3) is 18.1. The average Bonchev–Trinajstić information content (AvgIpc) is 3.51. The number of hydrogen-bond donors (Lipinski definition) is 4. The van der Waals surface area contributed by atoms with E-state index in [1.54, 1.807) is 0 Å². The van der Waals surface area contributed by atoms with Crippen molar-refractivity contribution in [3.8, 4) is 23.0 Å². The van der Waals surface area contributed by atoms with Crippen LogP contribution in [-0.2, 0) is 42.8 Å². The van der Waals surface area contributed by atoms with Crippen molar-refractivity contribution < 1.29 is 52.7 Å². The number of alkyl carbamates (subject to hydrolysis) is 1. The van der Waals surface area contributed by atoms with Crippen molar-refractivity contribution in [1.82, 2.24) is 16.0 Å². The van der Waals surface area contributed by atoms with Crippen molar-refractivity contribution >= 4 is 23.9 Å². The summed E-state index contributed by atoms with van der Waals surface area (Å²) in [5.74, 6) is 4.77. The fourth-order valence-corrected chi connectivity index (χ4v) is 6.59. The van der Waals surface area contributed by atoms with Gasteiger partial charge in [-0.2, -0.15) is 0 Å².